The van der Waals surface area contributed by atoms with Gasteiger partial charge in [-0.15, -0.1) is 0 Å². The van der Waals surface area contributed by atoms with Gasteiger partial charge in [-0.25, -0.2) is 0 Å². The van der Waals surface area contributed by atoms with Crippen molar-refractivity contribution in [2.24, 2.45) is 5.92 Å². The molecule has 0 spiro atoms. The van der Waals surface area contributed by atoms with E-state index >= 15 is 0 Å². The van der Waals surface area contributed by atoms with Crippen molar-refractivity contribution in [3.8, 4) is 5.75 Å². The molecule has 1 fully saturated rings. The minimum Gasteiger partial charge on any atom is -0.496 e. The van der Waals surface area contributed by atoms with Crippen molar-refractivity contribution in [2.75, 3.05) is 20.2 Å². The monoisotopic (exact) mass is 262 g/mol. The number of rotatable bonds is 3. The number of benzene rings is 1. The van der Waals surface area contributed by atoms with Crippen LogP contribution in [0.25, 0.3) is 0 Å². The lowest BCUT2D eigenvalue weighted by Gasteiger charge is -2.30. The SMILES string of the molecule is COc1ccc(C)cc1C(=O)NC1CNCCC1C. The van der Waals surface area contributed by atoms with Crippen molar-refractivity contribution in [2.45, 2.75) is 26.3 Å². The second-order valence-electron chi connectivity index (χ2n) is 5.25. The molecule has 1 aromatic carbocycles. The molecule has 1 aliphatic heterocycles. The topological polar surface area (TPSA) is 50.4 Å². The lowest BCUT2D eigenvalue weighted by Crippen LogP contribution is -2.50. The number of piperidine rings is 1. The van der Waals surface area contributed by atoms with E-state index in [0.29, 0.717) is 17.2 Å². The summed E-state index contributed by atoms with van der Waals surface area (Å²) in [6.45, 7) is 6.02. The molecule has 19 heavy (non-hydrogen) atoms. The van der Waals surface area contributed by atoms with E-state index in [2.05, 4.69) is 17.6 Å². The number of amides is 1. The Morgan fingerprint density at radius 2 is 2.26 bits per heavy atom. The maximum Gasteiger partial charge on any atom is 0.255 e. The van der Waals surface area contributed by atoms with Crippen LogP contribution >= 0.6 is 0 Å². The zero-order chi connectivity index (χ0) is 13.8. The third kappa shape index (κ3) is 3.26. The van der Waals surface area contributed by atoms with Crippen molar-refractivity contribution in [1.29, 1.82) is 0 Å². The van der Waals surface area contributed by atoms with Crippen molar-refractivity contribution < 1.29 is 9.53 Å². The fraction of sp³-hybridized carbons (Fsp3) is 0.533. The first kappa shape index (κ1) is 13.9. The highest BCUT2D eigenvalue weighted by Gasteiger charge is 2.24. The molecular weight excluding hydrogens is 240 g/mol. The lowest BCUT2D eigenvalue weighted by atomic mass is 9.94. The maximum atomic E-state index is 12.4. The van der Waals surface area contributed by atoms with Gasteiger partial charge in [0.15, 0.2) is 0 Å². The minimum atomic E-state index is -0.0545. The Kier molecular flexibility index (Phi) is 4.43. The number of carbonyl (C=O) groups is 1. The molecule has 0 radical (unpaired) electrons. The third-order valence-electron chi connectivity index (χ3n) is 3.74. The van der Waals surface area contributed by atoms with Crippen LogP contribution in [0.4, 0.5) is 0 Å². The molecule has 1 aliphatic rings. The number of nitrogens with one attached hydrogen (secondary N) is 2. The summed E-state index contributed by atoms with van der Waals surface area (Å²) in [5, 5.41) is 6.42. The summed E-state index contributed by atoms with van der Waals surface area (Å²) < 4.78 is 5.26. The quantitative estimate of drug-likeness (QED) is 0.872. The summed E-state index contributed by atoms with van der Waals surface area (Å²) in [4.78, 5) is 12.4. The van der Waals surface area contributed by atoms with E-state index in [1.807, 2.05) is 25.1 Å². The van der Waals surface area contributed by atoms with Gasteiger partial charge in [-0.05, 0) is 37.9 Å². The smallest absolute Gasteiger partial charge is 0.255 e. The van der Waals surface area contributed by atoms with Crippen LogP contribution in [0.5, 0.6) is 5.75 Å². The molecule has 2 N–H and O–H groups in total. The van der Waals surface area contributed by atoms with Gasteiger partial charge in [0.05, 0.1) is 12.7 Å². The summed E-state index contributed by atoms with van der Waals surface area (Å²) in [5.74, 6) is 1.07. The molecule has 104 valence electrons. The zero-order valence-corrected chi connectivity index (χ0v) is 11.8. The molecule has 2 atom stereocenters. The van der Waals surface area contributed by atoms with Crippen molar-refractivity contribution in [3.63, 3.8) is 0 Å². The van der Waals surface area contributed by atoms with Gasteiger partial charge in [0, 0.05) is 12.6 Å². The number of hydrogen-bond donors (Lipinski definition) is 2. The fourth-order valence-electron chi connectivity index (χ4n) is 2.43. The average Bonchev–Trinajstić information content (AvgIpc) is 2.41. The minimum absolute atomic E-state index is 0.0545. The highest BCUT2D eigenvalue weighted by atomic mass is 16.5. The lowest BCUT2D eigenvalue weighted by molar-refractivity contribution is 0.0912. The maximum absolute atomic E-state index is 12.4. The molecule has 0 aromatic heterocycles. The average molecular weight is 262 g/mol. The van der Waals surface area contributed by atoms with Crippen molar-refractivity contribution >= 4 is 5.91 Å². The number of methoxy groups -OCH3 is 1. The predicted octanol–water partition coefficient (Wildman–Crippen LogP) is 1.73. The van der Waals surface area contributed by atoms with Crippen molar-refractivity contribution in [1.82, 2.24) is 10.6 Å². The van der Waals surface area contributed by atoms with Crippen LogP contribution in [-0.4, -0.2) is 32.1 Å². The van der Waals surface area contributed by atoms with Gasteiger partial charge in [0.1, 0.15) is 5.75 Å². The largest absolute Gasteiger partial charge is 0.496 e. The van der Waals surface area contributed by atoms with Gasteiger partial charge in [-0.3, -0.25) is 4.79 Å². The summed E-state index contributed by atoms with van der Waals surface area (Å²) in [6, 6.07) is 5.84. The molecule has 0 saturated carbocycles. The highest BCUT2D eigenvalue weighted by molar-refractivity contribution is 5.97. The Hall–Kier alpha value is -1.55. The number of hydrogen-bond acceptors (Lipinski definition) is 3. The van der Waals surface area contributed by atoms with Gasteiger partial charge < -0.3 is 15.4 Å². The highest BCUT2D eigenvalue weighted by Crippen LogP contribution is 2.20. The van der Waals surface area contributed by atoms with Crippen LogP contribution in [-0.2, 0) is 0 Å². The molecular formula is C15H22N2O2. The van der Waals surface area contributed by atoms with Gasteiger partial charge >= 0.3 is 0 Å². The Morgan fingerprint density at radius 1 is 1.47 bits per heavy atom. The zero-order valence-electron chi connectivity index (χ0n) is 11.8. The molecule has 0 aliphatic carbocycles. The van der Waals surface area contributed by atoms with E-state index < -0.39 is 0 Å². The molecule has 1 heterocycles. The first-order valence-electron chi connectivity index (χ1n) is 6.78. The van der Waals surface area contributed by atoms with Crippen LogP contribution in [0, 0.1) is 12.8 Å². The molecule has 1 saturated heterocycles. The molecule has 1 aromatic rings. The van der Waals surface area contributed by atoms with Gasteiger partial charge in [0.25, 0.3) is 5.91 Å². The van der Waals surface area contributed by atoms with E-state index in [1.54, 1.807) is 7.11 Å². The first-order valence-corrected chi connectivity index (χ1v) is 6.78. The Balaban J connectivity index is 2.13. The van der Waals surface area contributed by atoms with E-state index in [9.17, 15) is 4.79 Å². The summed E-state index contributed by atoms with van der Waals surface area (Å²) in [6.07, 6.45) is 1.09. The summed E-state index contributed by atoms with van der Waals surface area (Å²) >= 11 is 0. The number of aryl methyl sites for hydroxylation is 1. The first-order chi connectivity index (χ1) is 9.11. The van der Waals surface area contributed by atoms with E-state index in [0.717, 1.165) is 25.1 Å². The van der Waals surface area contributed by atoms with Crippen molar-refractivity contribution in [3.05, 3.63) is 29.3 Å². The summed E-state index contributed by atoms with van der Waals surface area (Å²) in [5.41, 5.74) is 1.67. The van der Waals surface area contributed by atoms with Crippen LogP contribution in [0.3, 0.4) is 0 Å². The molecule has 2 rings (SSSR count). The second kappa shape index (κ2) is 6.06. The van der Waals surface area contributed by atoms with E-state index in [-0.39, 0.29) is 11.9 Å². The molecule has 1 amide bonds. The number of carbonyl (C=O) groups excluding carboxylic acids is 1. The molecule has 2 unspecified atom stereocenters. The van der Waals surface area contributed by atoms with E-state index in [4.69, 9.17) is 4.74 Å². The number of ether oxygens (including phenoxy) is 1. The van der Waals surface area contributed by atoms with E-state index in [1.165, 1.54) is 0 Å². The van der Waals surface area contributed by atoms with Gasteiger partial charge in [-0.1, -0.05) is 18.6 Å². The Morgan fingerprint density at radius 3 is 2.95 bits per heavy atom. The normalized spacial score (nSPS) is 22.9. The van der Waals surface area contributed by atoms with Gasteiger partial charge in [0.2, 0.25) is 0 Å². The third-order valence-corrected chi connectivity index (χ3v) is 3.74. The van der Waals surface area contributed by atoms with Crippen LogP contribution < -0.4 is 15.4 Å². The van der Waals surface area contributed by atoms with Crippen LogP contribution in [0.2, 0.25) is 0 Å². The predicted molar refractivity (Wildman–Crippen MR) is 75.6 cm³/mol. The van der Waals surface area contributed by atoms with Crippen LogP contribution in [0.15, 0.2) is 18.2 Å². The Bertz CT molecular complexity index is 459. The fourth-order valence-corrected chi connectivity index (χ4v) is 2.43. The molecule has 0 bridgehead atoms. The molecule has 4 heteroatoms. The van der Waals surface area contributed by atoms with Crippen LogP contribution in [0.1, 0.15) is 29.3 Å². The van der Waals surface area contributed by atoms with Gasteiger partial charge in [-0.2, -0.15) is 0 Å². The molecule has 4 nitrogen and oxygen atoms in total. The Labute approximate surface area is 114 Å². The second-order valence-corrected chi connectivity index (χ2v) is 5.25. The standard InChI is InChI=1S/C15H22N2O2/c1-10-4-5-14(19-3)12(8-10)15(18)17-13-9-16-7-6-11(13)2/h4-5,8,11,13,16H,6-7,9H2,1-3H3,(H,17,18). The summed E-state index contributed by atoms with van der Waals surface area (Å²) in [7, 11) is 1.59.